The Bertz CT molecular complexity index is 1290. The van der Waals surface area contributed by atoms with Crippen molar-refractivity contribution in [2.45, 2.75) is 34.6 Å². The molecule has 0 saturated heterocycles. The molecule has 0 aliphatic rings. The number of aryl methyl sites for hydroxylation is 4. The van der Waals surface area contributed by atoms with Gasteiger partial charge in [0.1, 0.15) is 5.56 Å². The lowest BCUT2D eigenvalue weighted by molar-refractivity contribution is -0.584. The van der Waals surface area contributed by atoms with Crippen LogP contribution in [-0.4, -0.2) is 30.2 Å². The molecule has 154 valence electrons. The van der Waals surface area contributed by atoms with Crippen LogP contribution in [0.4, 0.5) is 0 Å². The van der Waals surface area contributed by atoms with Gasteiger partial charge in [0, 0.05) is 30.7 Å². The zero-order valence-electron chi connectivity index (χ0n) is 17.4. The number of ketones is 1. The first kappa shape index (κ1) is 20.8. The van der Waals surface area contributed by atoms with Crippen molar-refractivity contribution in [1.29, 1.82) is 0 Å². The van der Waals surface area contributed by atoms with E-state index in [-0.39, 0.29) is 11.4 Å². The average Bonchev–Trinajstić information content (AvgIpc) is 2.88. The molecule has 0 bridgehead atoms. The maximum Gasteiger partial charge on any atom is 0.307 e. The Hall–Kier alpha value is -2.94. The molecule has 0 N–H and O–H groups in total. The normalized spacial score (nSPS) is 11.8. The van der Waals surface area contributed by atoms with Crippen LogP contribution in [0.15, 0.2) is 12.1 Å². The fourth-order valence-electron chi connectivity index (χ4n) is 3.58. The predicted molar refractivity (Wildman–Crippen MR) is 109 cm³/mol. The molecule has 9 heteroatoms. The van der Waals surface area contributed by atoms with Crippen LogP contribution in [0.5, 0.6) is 5.88 Å². The van der Waals surface area contributed by atoms with Gasteiger partial charge < -0.3 is 9.39 Å². The van der Waals surface area contributed by atoms with Gasteiger partial charge in [-0.15, -0.1) is 0 Å². The summed E-state index contributed by atoms with van der Waals surface area (Å²) < 4.78 is 30.5. The molecule has 0 fully saturated rings. The number of rotatable bonds is 4. The summed E-state index contributed by atoms with van der Waals surface area (Å²) in [5.74, 6) is -0.606. The molecule has 8 nitrogen and oxygen atoms in total. The van der Waals surface area contributed by atoms with Crippen LogP contribution < -0.4 is 8.91 Å². The minimum atomic E-state index is -3.87. The van der Waals surface area contributed by atoms with Gasteiger partial charge in [0.25, 0.3) is 0 Å². The molecule has 0 radical (unpaired) electrons. The number of nitrogens with zero attached hydrogens (tertiary/aromatic N) is 3. The summed E-state index contributed by atoms with van der Waals surface area (Å²) in [5.41, 5.74) is 4.04. The molecule has 29 heavy (non-hydrogen) atoms. The Balaban J connectivity index is 2.37. The monoisotopic (exact) mass is 417 g/mol. The van der Waals surface area contributed by atoms with Crippen LogP contribution in [0, 0.1) is 39.8 Å². The number of pyridine rings is 1. The third kappa shape index (κ3) is 3.35. The van der Waals surface area contributed by atoms with E-state index in [1.54, 1.807) is 26.0 Å². The van der Waals surface area contributed by atoms with Crippen molar-refractivity contribution in [3.63, 3.8) is 0 Å². The highest BCUT2D eigenvalue weighted by atomic mass is 32.2. The maximum atomic E-state index is 13.5. The highest BCUT2D eigenvalue weighted by Crippen LogP contribution is 2.32. The molecule has 2 heterocycles. The van der Waals surface area contributed by atoms with E-state index in [9.17, 15) is 18.4 Å². The molecule has 3 aromatic rings. The average molecular weight is 417 g/mol. The first-order valence-electron chi connectivity index (χ1n) is 8.95. The van der Waals surface area contributed by atoms with Crippen LogP contribution in [0.25, 0.3) is 10.9 Å². The molecule has 0 atom stereocenters. The number of aromatic nitrogens is 3. The molecular formula is C20H23N3O5S. The van der Waals surface area contributed by atoms with E-state index in [0.29, 0.717) is 27.9 Å². The molecule has 0 aliphatic heterocycles. The van der Waals surface area contributed by atoms with Gasteiger partial charge in [-0.05, 0) is 39.3 Å². The molecule has 1 aromatic carbocycles. The largest absolute Gasteiger partial charge is 0.618 e. The molecular weight excluding hydrogens is 394 g/mol. The second-order valence-electron chi connectivity index (χ2n) is 7.29. The zero-order chi connectivity index (χ0) is 21.8. The summed E-state index contributed by atoms with van der Waals surface area (Å²) in [7, 11) is -2.37. The topological polar surface area (TPSA) is 105 Å². The fourth-order valence-corrected chi connectivity index (χ4v) is 4.05. The van der Waals surface area contributed by atoms with Gasteiger partial charge in [-0.1, -0.05) is 6.07 Å². The number of carbonyl (C=O) groups excluding carboxylic acids is 1. The van der Waals surface area contributed by atoms with Crippen molar-refractivity contribution in [2.24, 2.45) is 7.05 Å². The number of benzene rings is 1. The van der Waals surface area contributed by atoms with Gasteiger partial charge in [-0.3, -0.25) is 4.79 Å². The second kappa shape index (κ2) is 6.84. The number of hydrogen-bond donors (Lipinski definition) is 0. The fraction of sp³-hybridized carbons (Fsp3) is 0.350. The molecule has 0 aliphatic carbocycles. The quantitative estimate of drug-likeness (QED) is 0.279. The highest BCUT2D eigenvalue weighted by Gasteiger charge is 2.29. The summed E-state index contributed by atoms with van der Waals surface area (Å²) >= 11 is 0. The Kier molecular flexibility index (Phi) is 4.90. The van der Waals surface area contributed by atoms with Crippen molar-refractivity contribution in [2.75, 3.05) is 6.26 Å². The lowest BCUT2D eigenvalue weighted by Gasteiger charge is -2.15. The summed E-state index contributed by atoms with van der Waals surface area (Å²) in [6, 6.07) is 3.36. The maximum absolute atomic E-state index is 13.5. The van der Waals surface area contributed by atoms with Gasteiger partial charge in [0.05, 0.1) is 17.3 Å². The third-order valence-electron chi connectivity index (χ3n) is 5.24. The first-order chi connectivity index (χ1) is 13.3. The Morgan fingerprint density at radius 3 is 2.34 bits per heavy atom. The van der Waals surface area contributed by atoms with Crippen LogP contribution in [0.3, 0.4) is 0 Å². The summed E-state index contributed by atoms with van der Waals surface area (Å²) in [5, 5.41) is 17.5. The summed E-state index contributed by atoms with van der Waals surface area (Å²) in [4.78, 5) is 13.5. The standard InChI is InChI=1S/C20H23N3O5S/c1-10-8-9-15(16-12(3)11(2)14(5)23(25)18(10)16)19(24)17-13(4)21-22(6)20(17)28-29(7,26)27/h8-9H,1-7H3. The van der Waals surface area contributed by atoms with E-state index in [4.69, 9.17) is 4.18 Å². The van der Waals surface area contributed by atoms with Crippen molar-refractivity contribution in [1.82, 2.24) is 9.78 Å². The van der Waals surface area contributed by atoms with Crippen LogP contribution in [0.2, 0.25) is 0 Å². The van der Waals surface area contributed by atoms with E-state index in [0.717, 1.165) is 27.7 Å². The molecule has 0 saturated carbocycles. The van der Waals surface area contributed by atoms with E-state index in [2.05, 4.69) is 5.10 Å². The van der Waals surface area contributed by atoms with Crippen molar-refractivity contribution in [3.05, 3.63) is 56.5 Å². The Morgan fingerprint density at radius 2 is 1.76 bits per heavy atom. The lowest BCUT2D eigenvalue weighted by Crippen LogP contribution is -2.33. The minimum Gasteiger partial charge on any atom is -0.618 e. The third-order valence-corrected chi connectivity index (χ3v) is 5.70. The number of carbonyl (C=O) groups is 1. The van der Waals surface area contributed by atoms with E-state index < -0.39 is 15.9 Å². The van der Waals surface area contributed by atoms with Crippen molar-refractivity contribution in [3.8, 4) is 5.88 Å². The smallest absolute Gasteiger partial charge is 0.307 e. The SMILES string of the molecule is Cc1nn(C)c(OS(C)(=O)=O)c1C(=O)c1ccc(C)c2c1c(C)c(C)c(C)[n+]2[O-]. The van der Waals surface area contributed by atoms with E-state index in [1.807, 2.05) is 20.8 Å². The molecule has 0 spiro atoms. The highest BCUT2D eigenvalue weighted by molar-refractivity contribution is 7.86. The van der Waals surface area contributed by atoms with Crippen LogP contribution in [0.1, 0.15) is 44.0 Å². The van der Waals surface area contributed by atoms with Crippen LogP contribution >= 0.6 is 0 Å². The van der Waals surface area contributed by atoms with Gasteiger partial charge >= 0.3 is 10.1 Å². The predicted octanol–water partition coefficient (Wildman–Crippen LogP) is 2.32. The Labute approximate surface area is 169 Å². The lowest BCUT2D eigenvalue weighted by atomic mass is 9.92. The molecule has 0 amide bonds. The van der Waals surface area contributed by atoms with Gasteiger partial charge in [0.2, 0.25) is 17.2 Å². The van der Waals surface area contributed by atoms with Gasteiger partial charge in [-0.25, -0.2) is 4.68 Å². The Morgan fingerprint density at radius 1 is 1.14 bits per heavy atom. The minimum absolute atomic E-state index is 0.0538. The molecule has 3 rings (SSSR count). The summed E-state index contributed by atoms with van der Waals surface area (Å²) in [6.07, 6.45) is 0.904. The summed E-state index contributed by atoms with van der Waals surface area (Å²) in [6.45, 7) is 8.86. The first-order valence-corrected chi connectivity index (χ1v) is 10.8. The molecule has 0 unspecified atom stereocenters. The van der Waals surface area contributed by atoms with Crippen LogP contribution in [-0.2, 0) is 17.2 Å². The van der Waals surface area contributed by atoms with Crippen molar-refractivity contribution >= 4 is 26.8 Å². The second-order valence-corrected chi connectivity index (χ2v) is 8.86. The zero-order valence-corrected chi connectivity index (χ0v) is 18.3. The molecule has 2 aromatic heterocycles. The van der Waals surface area contributed by atoms with Crippen molar-refractivity contribution < 1.29 is 22.1 Å². The van der Waals surface area contributed by atoms with E-state index in [1.165, 1.54) is 11.7 Å². The van der Waals surface area contributed by atoms with Gasteiger partial charge in [0.15, 0.2) is 5.69 Å². The van der Waals surface area contributed by atoms with E-state index >= 15 is 0 Å². The number of fused-ring (bicyclic) bond motifs is 1. The van der Waals surface area contributed by atoms with Gasteiger partial charge in [-0.2, -0.15) is 18.2 Å². The number of hydrogen-bond acceptors (Lipinski definition) is 6.